The molecule has 0 saturated carbocycles. The largest absolute Gasteiger partial charge is 0.618 e. The number of rotatable bonds is 5. The lowest BCUT2D eigenvalue weighted by molar-refractivity contribution is -0.608. The van der Waals surface area contributed by atoms with Crippen LogP contribution in [0.15, 0.2) is 42.6 Å². The lowest BCUT2D eigenvalue weighted by atomic mass is 10.2. The topological polar surface area (TPSA) is 125 Å². The summed E-state index contributed by atoms with van der Waals surface area (Å²) in [5.41, 5.74) is 0.422. The molecular weight excluding hydrogens is 318 g/mol. The maximum absolute atomic E-state index is 11.8. The van der Waals surface area contributed by atoms with Crippen molar-refractivity contribution < 1.29 is 24.0 Å². The summed E-state index contributed by atoms with van der Waals surface area (Å²) in [6.07, 6.45) is 1.13. The number of hydrogen-bond acceptors (Lipinski definition) is 6. The first-order valence-corrected chi connectivity index (χ1v) is 6.78. The van der Waals surface area contributed by atoms with Crippen LogP contribution in [0.4, 0.5) is 11.4 Å². The summed E-state index contributed by atoms with van der Waals surface area (Å²) in [6, 6.07) is 8.20. The van der Waals surface area contributed by atoms with E-state index < -0.39 is 23.4 Å². The van der Waals surface area contributed by atoms with Crippen LogP contribution in [0, 0.1) is 22.2 Å². The number of pyridine rings is 1. The minimum atomic E-state index is -0.948. The maximum Gasteiger partial charge on any atom is 0.405 e. The van der Waals surface area contributed by atoms with Gasteiger partial charge in [-0.25, -0.2) is 4.79 Å². The quantitative estimate of drug-likeness (QED) is 0.290. The molecule has 0 saturated heterocycles. The van der Waals surface area contributed by atoms with Crippen molar-refractivity contribution in [2.75, 3.05) is 11.9 Å². The number of nitrogens with one attached hydrogen (secondary N) is 1. The van der Waals surface area contributed by atoms with E-state index >= 15 is 0 Å². The zero-order valence-corrected chi connectivity index (χ0v) is 12.6. The molecule has 0 atom stereocenters. The summed E-state index contributed by atoms with van der Waals surface area (Å²) >= 11 is 0. The number of carbonyl (C=O) groups is 2. The Kier molecular flexibility index (Phi) is 5.05. The molecule has 124 valence electrons. The highest BCUT2D eigenvalue weighted by Crippen LogP contribution is 2.21. The number of carbonyl (C=O) groups excluding carboxylic acids is 2. The average Bonchev–Trinajstić information content (AvgIpc) is 2.55. The van der Waals surface area contributed by atoms with E-state index in [1.807, 2.05) is 0 Å². The number of nitro groups is 1. The highest BCUT2D eigenvalue weighted by atomic mass is 16.6. The van der Waals surface area contributed by atoms with Crippen molar-refractivity contribution >= 4 is 23.3 Å². The van der Waals surface area contributed by atoms with Crippen LogP contribution in [-0.4, -0.2) is 23.4 Å². The fourth-order valence-electron chi connectivity index (χ4n) is 1.84. The molecule has 0 aliphatic heterocycles. The molecule has 0 bridgehead atoms. The second-order valence-electron chi connectivity index (χ2n) is 4.79. The van der Waals surface area contributed by atoms with Crippen LogP contribution in [-0.2, 0) is 9.53 Å². The van der Waals surface area contributed by atoms with Crippen molar-refractivity contribution in [3.63, 3.8) is 0 Å². The Morgan fingerprint density at radius 2 is 2.04 bits per heavy atom. The minimum absolute atomic E-state index is 0.176. The molecule has 0 aliphatic carbocycles. The standard InChI is InChI=1S/C15H13N3O6/c1-10-5-6-11(18(22)23)8-12(10)16-14(19)9-24-15(20)13-4-2-3-7-17(13)21/h2-8H,9H2,1H3,(H,16,19). The van der Waals surface area contributed by atoms with Crippen LogP contribution in [0.2, 0.25) is 0 Å². The van der Waals surface area contributed by atoms with E-state index in [0.717, 1.165) is 6.20 Å². The Morgan fingerprint density at radius 3 is 2.71 bits per heavy atom. The monoisotopic (exact) mass is 331 g/mol. The number of amides is 1. The van der Waals surface area contributed by atoms with Crippen LogP contribution in [0.5, 0.6) is 0 Å². The fraction of sp³-hybridized carbons (Fsp3) is 0.133. The summed E-state index contributed by atoms with van der Waals surface area (Å²) in [7, 11) is 0. The fourth-order valence-corrected chi connectivity index (χ4v) is 1.84. The van der Waals surface area contributed by atoms with E-state index in [-0.39, 0.29) is 17.1 Å². The van der Waals surface area contributed by atoms with Crippen LogP contribution >= 0.6 is 0 Å². The number of ether oxygens (including phenoxy) is 1. The van der Waals surface area contributed by atoms with Gasteiger partial charge >= 0.3 is 11.7 Å². The number of hydrogen-bond donors (Lipinski definition) is 1. The van der Waals surface area contributed by atoms with Crippen molar-refractivity contribution in [1.29, 1.82) is 0 Å². The van der Waals surface area contributed by atoms with Gasteiger partial charge in [0.25, 0.3) is 11.6 Å². The van der Waals surface area contributed by atoms with Gasteiger partial charge < -0.3 is 15.3 Å². The first-order chi connectivity index (χ1) is 11.4. The SMILES string of the molecule is Cc1ccc([N+](=O)[O-])cc1NC(=O)COC(=O)c1cccc[n+]1[O-]. The Hall–Kier alpha value is -3.49. The molecule has 1 aromatic heterocycles. The van der Waals surface area contributed by atoms with Gasteiger partial charge in [0.05, 0.1) is 10.6 Å². The molecule has 2 aromatic rings. The predicted octanol–water partition coefficient (Wildman–Crippen LogP) is 1.33. The second kappa shape index (κ2) is 7.18. The Bertz CT molecular complexity index is 806. The van der Waals surface area contributed by atoms with Gasteiger partial charge in [-0.15, -0.1) is 0 Å². The van der Waals surface area contributed by atoms with E-state index in [9.17, 15) is 24.9 Å². The van der Waals surface area contributed by atoms with Gasteiger partial charge in [0.15, 0.2) is 12.8 Å². The van der Waals surface area contributed by atoms with Gasteiger partial charge in [-0.2, -0.15) is 4.73 Å². The summed E-state index contributed by atoms with van der Waals surface area (Å²) in [5.74, 6) is -1.63. The summed E-state index contributed by atoms with van der Waals surface area (Å²) < 4.78 is 5.08. The molecule has 0 fully saturated rings. The molecule has 1 N–H and O–H groups in total. The average molecular weight is 331 g/mol. The van der Waals surface area contributed by atoms with Crippen LogP contribution < -0.4 is 10.0 Å². The zero-order valence-electron chi connectivity index (χ0n) is 12.6. The maximum atomic E-state index is 11.8. The number of aromatic nitrogens is 1. The number of nitro benzene ring substituents is 1. The second-order valence-corrected chi connectivity index (χ2v) is 4.79. The summed E-state index contributed by atoms with van der Waals surface area (Å²) in [4.78, 5) is 33.7. The third kappa shape index (κ3) is 4.03. The van der Waals surface area contributed by atoms with Gasteiger partial charge in [-0.05, 0) is 18.6 Å². The van der Waals surface area contributed by atoms with Crippen molar-refractivity contribution in [2.45, 2.75) is 6.92 Å². The van der Waals surface area contributed by atoms with E-state index in [1.54, 1.807) is 6.92 Å². The molecule has 24 heavy (non-hydrogen) atoms. The number of anilines is 1. The third-order valence-corrected chi connectivity index (χ3v) is 3.07. The van der Waals surface area contributed by atoms with Gasteiger partial charge in [-0.3, -0.25) is 14.9 Å². The normalized spacial score (nSPS) is 10.0. The molecule has 0 aliphatic rings. The van der Waals surface area contributed by atoms with E-state index in [4.69, 9.17) is 4.74 Å². The van der Waals surface area contributed by atoms with Crippen molar-refractivity contribution in [2.24, 2.45) is 0 Å². The van der Waals surface area contributed by atoms with Crippen molar-refractivity contribution in [3.8, 4) is 0 Å². The lowest BCUT2D eigenvalue weighted by Gasteiger charge is -2.09. The minimum Gasteiger partial charge on any atom is -0.618 e. The summed E-state index contributed by atoms with van der Waals surface area (Å²) in [6.45, 7) is 1.03. The highest BCUT2D eigenvalue weighted by Gasteiger charge is 2.18. The van der Waals surface area contributed by atoms with Crippen LogP contribution in [0.1, 0.15) is 16.1 Å². The lowest BCUT2D eigenvalue weighted by Crippen LogP contribution is -2.35. The molecule has 1 aromatic carbocycles. The molecular formula is C15H13N3O6. The molecule has 0 unspecified atom stereocenters. The number of esters is 1. The zero-order chi connectivity index (χ0) is 17.7. The first kappa shape index (κ1) is 16.9. The van der Waals surface area contributed by atoms with Crippen molar-refractivity contribution in [1.82, 2.24) is 0 Å². The van der Waals surface area contributed by atoms with E-state index in [2.05, 4.69) is 5.32 Å². The molecule has 0 radical (unpaired) electrons. The first-order valence-electron chi connectivity index (χ1n) is 6.78. The summed E-state index contributed by atoms with van der Waals surface area (Å²) in [5, 5.41) is 24.6. The molecule has 1 amide bonds. The number of aryl methyl sites for hydroxylation is 1. The van der Waals surface area contributed by atoms with E-state index in [0.29, 0.717) is 10.3 Å². The molecule has 9 nitrogen and oxygen atoms in total. The third-order valence-electron chi connectivity index (χ3n) is 3.07. The molecule has 2 rings (SSSR count). The van der Waals surface area contributed by atoms with Gasteiger partial charge in [-0.1, -0.05) is 6.07 Å². The number of nitrogens with zero attached hydrogens (tertiary/aromatic N) is 2. The predicted molar refractivity (Wildman–Crippen MR) is 82.1 cm³/mol. The Labute approximate surface area is 136 Å². The van der Waals surface area contributed by atoms with Crippen molar-refractivity contribution in [3.05, 3.63) is 69.2 Å². The van der Waals surface area contributed by atoms with Gasteiger partial charge in [0, 0.05) is 24.3 Å². The van der Waals surface area contributed by atoms with Crippen LogP contribution in [0.25, 0.3) is 0 Å². The molecule has 0 spiro atoms. The molecule has 9 heteroatoms. The van der Waals surface area contributed by atoms with Gasteiger partial charge in [0.2, 0.25) is 0 Å². The van der Waals surface area contributed by atoms with E-state index in [1.165, 1.54) is 36.4 Å². The smallest absolute Gasteiger partial charge is 0.405 e. The highest BCUT2D eigenvalue weighted by molar-refractivity contribution is 5.95. The van der Waals surface area contributed by atoms with Crippen LogP contribution in [0.3, 0.4) is 0 Å². The number of benzene rings is 1. The van der Waals surface area contributed by atoms with Gasteiger partial charge in [0.1, 0.15) is 0 Å². The molecule has 1 heterocycles. The Balaban J connectivity index is 1.99. The number of non-ortho nitro benzene ring substituents is 1. The Morgan fingerprint density at radius 1 is 1.29 bits per heavy atom.